The van der Waals surface area contributed by atoms with E-state index in [-0.39, 0.29) is 6.04 Å². The monoisotopic (exact) mass is 336 g/mol. The Morgan fingerprint density at radius 3 is 2.76 bits per heavy atom. The Morgan fingerprint density at radius 2 is 2.10 bits per heavy atom. The lowest BCUT2D eigenvalue weighted by Crippen LogP contribution is -2.26. The maximum atomic E-state index is 5.33. The maximum absolute atomic E-state index is 5.33. The topological polar surface area (TPSA) is 34.0 Å². The van der Waals surface area contributed by atoms with Gasteiger partial charge < -0.3 is 0 Å². The summed E-state index contributed by atoms with van der Waals surface area (Å²) in [5, 5.41) is 6.56. The number of nitrogens with zero attached hydrogens (tertiary/aromatic N) is 4. The number of aromatic nitrogens is 3. The first-order valence-corrected chi connectivity index (χ1v) is 8.69. The van der Waals surface area contributed by atoms with Gasteiger partial charge in [-0.25, -0.2) is 9.67 Å². The van der Waals surface area contributed by atoms with Crippen molar-refractivity contribution in [2.45, 2.75) is 26.6 Å². The van der Waals surface area contributed by atoms with Crippen LogP contribution in [0.1, 0.15) is 23.0 Å². The Morgan fingerprint density at radius 1 is 1.33 bits per heavy atom. The van der Waals surface area contributed by atoms with E-state index in [0.717, 1.165) is 19.5 Å². The van der Waals surface area contributed by atoms with E-state index in [1.165, 1.54) is 4.70 Å². The molecule has 1 atom stereocenters. The summed E-state index contributed by atoms with van der Waals surface area (Å²) in [6, 6.07) is 8.48. The molecule has 0 N–H and O–H groups in total. The van der Waals surface area contributed by atoms with Crippen molar-refractivity contribution >= 4 is 45.1 Å². The van der Waals surface area contributed by atoms with Crippen LogP contribution in [0.15, 0.2) is 24.3 Å². The average Bonchev–Trinajstić information content (AvgIpc) is 3.01. The molecule has 3 rings (SSSR count). The van der Waals surface area contributed by atoms with Gasteiger partial charge >= 0.3 is 0 Å². The summed E-state index contributed by atoms with van der Waals surface area (Å²) in [7, 11) is 2.08. The molecule has 2 aromatic heterocycles. The molecule has 0 spiro atoms. The van der Waals surface area contributed by atoms with Gasteiger partial charge in [0.15, 0.2) is 3.95 Å². The van der Waals surface area contributed by atoms with Gasteiger partial charge in [-0.1, -0.05) is 23.5 Å². The molecule has 21 heavy (non-hydrogen) atoms. The second-order valence-corrected chi connectivity index (χ2v) is 7.87. The second-order valence-electron chi connectivity index (χ2n) is 4.98. The van der Waals surface area contributed by atoms with Gasteiger partial charge in [-0.05, 0) is 45.2 Å². The number of para-hydroxylation sites is 1. The number of aryl methyl sites for hydroxylation is 1. The molecule has 0 fully saturated rings. The Hall–Kier alpha value is -1.15. The van der Waals surface area contributed by atoms with Gasteiger partial charge in [0.1, 0.15) is 10.0 Å². The fourth-order valence-corrected chi connectivity index (χ4v) is 4.23. The summed E-state index contributed by atoms with van der Waals surface area (Å²) in [4.78, 5) is 6.94. The number of hydrogen-bond donors (Lipinski definition) is 0. The first kappa shape index (κ1) is 14.8. The molecule has 0 radical (unpaired) electrons. The third kappa shape index (κ3) is 3.06. The fourth-order valence-electron chi connectivity index (χ4n) is 2.09. The molecular formula is C14H16N4S3. The molecule has 4 nitrogen and oxygen atoms in total. The molecule has 0 bridgehead atoms. The Kier molecular flexibility index (Phi) is 4.17. The van der Waals surface area contributed by atoms with E-state index in [9.17, 15) is 0 Å². The summed E-state index contributed by atoms with van der Waals surface area (Å²) in [5.74, 6) is 0. The normalized spacial score (nSPS) is 13.1. The lowest BCUT2D eigenvalue weighted by atomic mass is 10.3. The van der Waals surface area contributed by atoms with E-state index in [1.54, 1.807) is 22.7 Å². The zero-order valence-electron chi connectivity index (χ0n) is 12.1. The van der Waals surface area contributed by atoms with Gasteiger partial charge in [-0.3, -0.25) is 4.90 Å². The van der Waals surface area contributed by atoms with Gasteiger partial charge in [-0.2, -0.15) is 5.10 Å². The van der Waals surface area contributed by atoms with E-state index in [2.05, 4.69) is 42.2 Å². The molecule has 7 heteroatoms. The Labute approximate surface area is 136 Å². The van der Waals surface area contributed by atoms with Crippen LogP contribution in [0, 0.1) is 10.9 Å². The van der Waals surface area contributed by atoms with Crippen molar-refractivity contribution in [3.8, 4) is 0 Å². The van der Waals surface area contributed by atoms with E-state index in [1.807, 2.05) is 17.7 Å². The molecule has 0 amide bonds. The zero-order chi connectivity index (χ0) is 15.0. The fraction of sp³-hybridized carbons (Fsp3) is 0.357. The maximum Gasteiger partial charge on any atom is 0.180 e. The largest absolute Gasteiger partial charge is 0.278 e. The van der Waals surface area contributed by atoms with Crippen molar-refractivity contribution in [2.24, 2.45) is 0 Å². The number of thiazole rings is 1. The van der Waals surface area contributed by atoms with Gasteiger partial charge in [0.25, 0.3) is 0 Å². The molecule has 0 saturated carbocycles. The van der Waals surface area contributed by atoms with Crippen molar-refractivity contribution < 1.29 is 0 Å². The molecule has 110 valence electrons. The van der Waals surface area contributed by atoms with Gasteiger partial charge in [0, 0.05) is 0 Å². The van der Waals surface area contributed by atoms with Crippen molar-refractivity contribution in [2.75, 3.05) is 7.05 Å². The predicted molar refractivity (Wildman–Crippen MR) is 91.5 cm³/mol. The third-order valence-corrected chi connectivity index (χ3v) is 5.82. The van der Waals surface area contributed by atoms with E-state index >= 15 is 0 Å². The second kappa shape index (κ2) is 5.92. The van der Waals surface area contributed by atoms with Gasteiger partial charge in [-0.15, -0.1) is 11.3 Å². The van der Waals surface area contributed by atoms with Crippen LogP contribution in [0.5, 0.6) is 0 Å². The van der Waals surface area contributed by atoms with Crippen LogP contribution in [0.4, 0.5) is 0 Å². The molecule has 3 aromatic rings. The van der Waals surface area contributed by atoms with Crippen molar-refractivity contribution in [1.82, 2.24) is 19.7 Å². The highest BCUT2D eigenvalue weighted by molar-refractivity contribution is 7.73. The summed E-state index contributed by atoms with van der Waals surface area (Å²) in [5.41, 5.74) is 1.07. The lowest BCUT2D eigenvalue weighted by molar-refractivity contribution is 0.195. The highest BCUT2D eigenvalue weighted by Gasteiger charge is 2.17. The van der Waals surface area contributed by atoms with E-state index < -0.39 is 0 Å². The van der Waals surface area contributed by atoms with Crippen LogP contribution < -0.4 is 0 Å². The van der Waals surface area contributed by atoms with Crippen molar-refractivity contribution in [3.63, 3.8) is 0 Å². The first-order valence-electron chi connectivity index (χ1n) is 6.65. The van der Waals surface area contributed by atoms with Gasteiger partial charge in [0.2, 0.25) is 0 Å². The minimum atomic E-state index is 0.228. The summed E-state index contributed by atoms with van der Waals surface area (Å²) >= 11 is 8.62. The number of hydrogen-bond acceptors (Lipinski definition) is 6. The van der Waals surface area contributed by atoms with Crippen LogP contribution in [0.3, 0.4) is 0 Å². The van der Waals surface area contributed by atoms with Crippen LogP contribution in [-0.2, 0) is 6.67 Å². The average molecular weight is 337 g/mol. The molecule has 0 aliphatic heterocycles. The number of benzene rings is 1. The standard InChI is InChI=1S/C14H16N4S3/c1-9(13-15-11-6-4-5-7-12(11)21-13)17(3)8-18-14(19)20-10(2)16-18/h4-7,9H,8H2,1-3H3. The van der Waals surface area contributed by atoms with Crippen LogP contribution in [-0.4, -0.2) is 26.7 Å². The molecule has 0 saturated heterocycles. The summed E-state index contributed by atoms with van der Waals surface area (Å²) < 4.78 is 3.92. The summed E-state index contributed by atoms with van der Waals surface area (Å²) in [6.45, 7) is 4.83. The SMILES string of the molecule is Cc1nn(CN(C)C(C)c2nc3ccccc3s2)c(=S)s1. The highest BCUT2D eigenvalue weighted by atomic mass is 32.1. The van der Waals surface area contributed by atoms with E-state index in [0.29, 0.717) is 6.67 Å². The molecule has 2 heterocycles. The molecule has 1 unspecified atom stereocenters. The molecular weight excluding hydrogens is 320 g/mol. The minimum absolute atomic E-state index is 0.228. The molecule has 1 aromatic carbocycles. The smallest absolute Gasteiger partial charge is 0.180 e. The Balaban J connectivity index is 1.82. The van der Waals surface area contributed by atoms with Gasteiger partial charge in [0.05, 0.1) is 22.9 Å². The third-order valence-electron chi connectivity index (χ3n) is 3.39. The Bertz CT molecular complexity index is 784. The number of fused-ring (bicyclic) bond motifs is 1. The quantitative estimate of drug-likeness (QED) is 0.667. The lowest BCUT2D eigenvalue weighted by Gasteiger charge is -2.22. The number of rotatable bonds is 4. The predicted octanol–water partition coefficient (Wildman–Crippen LogP) is 4.24. The first-order chi connectivity index (χ1) is 10.0. The zero-order valence-corrected chi connectivity index (χ0v) is 14.6. The van der Waals surface area contributed by atoms with Crippen LogP contribution >= 0.6 is 34.9 Å². The van der Waals surface area contributed by atoms with Crippen molar-refractivity contribution in [1.29, 1.82) is 0 Å². The molecule has 0 aliphatic carbocycles. The minimum Gasteiger partial charge on any atom is -0.278 e. The highest BCUT2D eigenvalue weighted by Crippen LogP contribution is 2.29. The molecule has 0 aliphatic rings. The summed E-state index contributed by atoms with van der Waals surface area (Å²) in [6.07, 6.45) is 0. The van der Waals surface area contributed by atoms with Crippen LogP contribution in [0.2, 0.25) is 0 Å². The van der Waals surface area contributed by atoms with E-state index in [4.69, 9.17) is 17.2 Å². The van der Waals surface area contributed by atoms with Crippen LogP contribution in [0.25, 0.3) is 10.2 Å². The van der Waals surface area contributed by atoms with Crippen molar-refractivity contribution in [3.05, 3.63) is 38.2 Å².